The quantitative estimate of drug-likeness (QED) is 0.243. The van der Waals surface area contributed by atoms with Crippen LogP contribution >= 0.6 is 23.7 Å². The number of anilines is 1. The number of hydrogen-bond acceptors (Lipinski definition) is 6. The number of fused-ring (bicyclic) bond motifs is 1. The lowest BCUT2D eigenvalue weighted by Gasteiger charge is -2.21. The molecular weight excluding hydrogens is 482 g/mol. The average molecular weight is 512 g/mol. The van der Waals surface area contributed by atoms with Crippen LogP contribution in [0.15, 0.2) is 72.8 Å². The lowest BCUT2D eigenvalue weighted by molar-refractivity contribution is 0.0985. The van der Waals surface area contributed by atoms with E-state index in [0.717, 1.165) is 34.7 Å². The maximum Gasteiger partial charge on any atom is 0.260 e. The minimum atomic E-state index is -0.0960. The standard InChI is InChI=1S/C27H29N3O3S.ClH/c1-4-32-22-14-15-24-25(19-22)34-27(28-24)30(17-9-16-29(2)3)26(31)20-10-8-13-23(18-20)33-21-11-6-5-7-12-21;/h5-8,10-15,18-19H,4,9,16-17H2,1-3H3;1H. The van der Waals surface area contributed by atoms with Gasteiger partial charge in [0.2, 0.25) is 0 Å². The van der Waals surface area contributed by atoms with E-state index in [1.54, 1.807) is 11.0 Å². The lowest BCUT2D eigenvalue weighted by atomic mass is 10.2. The molecule has 0 unspecified atom stereocenters. The van der Waals surface area contributed by atoms with E-state index in [2.05, 4.69) is 4.90 Å². The van der Waals surface area contributed by atoms with Crippen molar-refractivity contribution in [3.05, 3.63) is 78.4 Å². The second-order valence-corrected chi connectivity index (χ2v) is 9.12. The van der Waals surface area contributed by atoms with Crippen molar-refractivity contribution in [3.63, 3.8) is 0 Å². The molecule has 4 aromatic rings. The maximum atomic E-state index is 13.7. The number of thiazole rings is 1. The summed E-state index contributed by atoms with van der Waals surface area (Å²) in [6.07, 6.45) is 0.832. The Hall–Kier alpha value is -3.13. The summed E-state index contributed by atoms with van der Waals surface area (Å²) < 4.78 is 12.6. The van der Waals surface area contributed by atoms with Gasteiger partial charge in [-0.3, -0.25) is 9.69 Å². The van der Waals surface area contributed by atoms with Crippen molar-refractivity contribution in [2.45, 2.75) is 13.3 Å². The molecule has 0 saturated heterocycles. The van der Waals surface area contributed by atoms with Crippen LogP contribution in [0.4, 0.5) is 5.13 Å². The molecule has 0 fully saturated rings. The van der Waals surface area contributed by atoms with E-state index in [0.29, 0.717) is 29.6 Å². The molecule has 8 heteroatoms. The van der Waals surface area contributed by atoms with Gasteiger partial charge < -0.3 is 14.4 Å². The third kappa shape index (κ3) is 6.94. The number of hydrogen-bond donors (Lipinski definition) is 0. The van der Waals surface area contributed by atoms with Crippen molar-refractivity contribution >= 4 is 45.0 Å². The molecule has 0 bridgehead atoms. The first-order valence-electron chi connectivity index (χ1n) is 11.4. The largest absolute Gasteiger partial charge is 0.494 e. The highest BCUT2D eigenvalue weighted by molar-refractivity contribution is 7.22. The normalized spacial score (nSPS) is 10.7. The van der Waals surface area contributed by atoms with Crippen LogP contribution in [0.1, 0.15) is 23.7 Å². The van der Waals surface area contributed by atoms with Gasteiger partial charge in [0.15, 0.2) is 5.13 Å². The molecule has 0 aliphatic carbocycles. The Morgan fingerprint density at radius 1 is 0.914 bits per heavy atom. The fraction of sp³-hybridized carbons (Fsp3) is 0.259. The van der Waals surface area contributed by atoms with E-state index >= 15 is 0 Å². The van der Waals surface area contributed by atoms with Crippen molar-refractivity contribution in [3.8, 4) is 17.2 Å². The smallest absolute Gasteiger partial charge is 0.260 e. The first kappa shape index (κ1) is 26.5. The Kier molecular flexibility index (Phi) is 9.48. The summed E-state index contributed by atoms with van der Waals surface area (Å²) in [4.78, 5) is 22.3. The molecular formula is C27H30ClN3O3S. The molecule has 0 N–H and O–H groups in total. The van der Waals surface area contributed by atoms with Gasteiger partial charge in [0.1, 0.15) is 17.2 Å². The van der Waals surface area contributed by atoms with Gasteiger partial charge in [0.05, 0.1) is 16.8 Å². The highest BCUT2D eigenvalue weighted by Gasteiger charge is 2.22. The zero-order valence-corrected chi connectivity index (χ0v) is 21.8. The number of carbonyl (C=O) groups is 1. The summed E-state index contributed by atoms with van der Waals surface area (Å²) in [5, 5.41) is 0.682. The summed E-state index contributed by atoms with van der Waals surface area (Å²) in [5.41, 5.74) is 1.42. The molecule has 0 radical (unpaired) electrons. The average Bonchev–Trinajstić information content (AvgIpc) is 3.25. The molecule has 0 spiro atoms. The lowest BCUT2D eigenvalue weighted by Crippen LogP contribution is -2.33. The van der Waals surface area contributed by atoms with Crippen LogP contribution < -0.4 is 14.4 Å². The van der Waals surface area contributed by atoms with Crippen molar-refractivity contribution in [1.82, 2.24) is 9.88 Å². The Labute approximate surface area is 216 Å². The number of para-hydroxylation sites is 1. The van der Waals surface area contributed by atoms with E-state index in [9.17, 15) is 4.79 Å². The Balaban J connectivity index is 0.00000342. The van der Waals surface area contributed by atoms with Crippen LogP contribution in [-0.4, -0.2) is 49.6 Å². The topological polar surface area (TPSA) is 54.9 Å². The molecule has 0 aliphatic heterocycles. The fourth-order valence-corrected chi connectivity index (χ4v) is 4.59. The zero-order valence-electron chi connectivity index (χ0n) is 20.1. The molecule has 1 aromatic heterocycles. The summed E-state index contributed by atoms with van der Waals surface area (Å²) in [5.74, 6) is 2.06. The van der Waals surface area contributed by atoms with Gasteiger partial charge in [-0.25, -0.2) is 4.98 Å². The Morgan fingerprint density at radius 3 is 2.43 bits per heavy atom. The molecule has 0 aliphatic rings. The molecule has 0 saturated carbocycles. The first-order valence-corrected chi connectivity index (χ1v) is 12.2. The van der Waals surface area contributed by atoms with E-state index in [1.807, 2.05) is 87.7 Å². The van der Waals surface area contributed by atoms with Crippen LogP contribution in [0.25, 0.3) is 10.2 Å². The van der Waals surface area contributed by atoms with Crippen LogP contribution in [0.5, 0.6) is 17.2 Å². The number of rotatable bonds is 10. The number of carbonyl (C=O) groups excluding carboxylic acids is 1. The molecule has 1 heterocycles. The van der Waals surface area contributed by atoms with Gasteiger partial charge in [-0.15, -0.1) is 12.4 Å². The van der Waals surface area contributed by atoms with E-state index in [4.69, 9.17) is 14.5 Å². The highest BCUT2D eigenvalue weighted by Crippen LogP contribution is 2.33. The first-order chi connectivity index (χ1) is 16.5. The van der Waals surface area contributed by atoms with E-state index in [-0.39, 0.29) is 18.3 Å². The van der Waals surface area contributed by atoms with Gasteiger partial charge in [-0.2, -0.15) is 0 Å². The predicted molar refractivity (Wildman–Crippen MR) is 146 cm³/mol. The molecule has 4 rings (SSSR count). The Bertz CT molecular complexity index is 1250. The monoisotopic (exact) mass is 511 g/mol. The number of ether oxygens (including phenoxy) is 2. The number of amides is 1. The molecule has 35 heavy (non-hydrogen) atoms. The summed E-state index contributed by atoms with van der Waals surface area (Å²) in [6, 6.07) is 22.7. The number of benzene rings is 3. The van der Waals surface area contributed by atoms with Crippen LogP contribution in [0.2, 0.25) is 0 Å². The third-order valence-electron chi connectivity index (χ3n) is 5.18. The molecule has 3 aromatic carbocycles. The van der Waals surface area contributed by atoms with Gasteiger partial charge in [-0.05, 0) is 82.5 Å². The van der Waals surface area contributed by atoms with Crippen LogP contribution in [-0.2, 0) is 0 Å². The van der Waals surface area contributed by atoms with Gasteiger partial charge >= 0.3 is 0 Å². The summed E-state index contributed by atoms with van der Waals surface area (Å²) >= 11 is 1.50. The van der Waals surface area contributed by atoms with Gasteiger partial charge in [0, 0.05) is 12.1 Å². The van der Waals surface area contributed by atoms with Gasteiger partial charge in [-0.1, -0.05) is 35.6 Å². The minimum Gasteiger partial charge on any atom is -0.494 e. The number of aromatic nitrogens is 1. The van der Waals surface area contributed by atoms with Crippen LogP contribution in [0.3, 0.4) is 0 Å². The van der Waals surface area contributed by atoms with Crippen molar-refractivity contribution in [2.75, 3.05) is 38.7 Å². The molecule has 0 atom stereocenters. The Morgan fingerprint density at radius 2 is 1.69 bits per heavy atom. The maximum absolute atomic E-state index is 13.7. The second-order valence-electron chi connectivity index (χ2n) is 8.12. The molecule has 6 nitrogen and oxygen atoms in total. The van der Waals surface area contributed by atoms with Crippen molar-refractivity contribution < 1.29 is 14.3 Å². The van der Waals surface area contributed by atoms with E-state index in [1.165, 1.54) is 11.3 Å². The minimum absolute atomic E-state index is 0. The number of halogens is 1. The fourth-order valence-electron chi connectivity index (χ4n) is 3.57. The van der Waals surface area contributed by atoms with E-state index < -0.39 is 0 Å². The zero-order chi connectivity index (χ0) is 23.9. The van der Waals surface area contributed by atoms with Crippen molar-refractivity contribution in [2.24, 2.45) is 0 Å². The van der Waals surface area contributed by atoms with Crippen molar-refractivity contribution in [1.29, 1.82) is 0 Å². The summed E-state index contributed by atoms with van der Waals surface area (Å²) in [7, 11) is 4.06. The summed E-state index contributed by atoms with van der Waals surface area (Å²) in [6.45, 7) is 4.01. The third-order valence-corrected chi connectivity index (χ3v) is 6.22. The molecule has 1 amide bonds. The highest BCUT2D eigenvalue weighted by atomic mass is 35.5. The van der Waals surface area contributed by atoms with Crippen LogP contribution in [0, 0.1) is 0 Å². The number of nitrogens with zero attached hydrogens (tertiary/aromatic N) is 3. The second kappa shape index (κ2) is 12.5. The predicted octanol–water partition coefficient (Wildman–Crippen LogP) is 6.51. The molecule has 184 valence electrons. The SMILES string of the molecule is CCOc1ccc2nc(N(CCCN(C)C)C(=O)c3cccc(Oc4ccccc4)c3)sc2c1.Cl. The van der Waals surface area contributed by atoms with Gasteiger partial charge in [0.25, 0.3) is 5.91 Å².